The fourth-order valence-corrected chi connectivity index (χ4v) is 2.77. The minimum Gasteiger partial charge on any atom is -0.478 e. The van der Waals surface area contributed by atoms with Crippen LogP contribution in [0, 0.1) is 0 Å². The van der Waals surface area contributed by atoms with Crippen LogP contribution in [0.4, 0.5) is 8.78 Å². The van der Waals surface area contributed by atoms with E-state index in [0.717, 1.165) is 0 Å². The van der Waals surface area contributed by atoms with Gasteiger partial charge in [-0.1, -0.05) is 19.9 Å². The minimum atomic E-state index is -2.72. The van der Waals surface area contributed by atoms with Gasteiger partial charge in [0.05, 0.1) is 5.56 Å². The number of benzene rings is 1. The Hall–Kier alpha value is -1.98. The maximum Gasteiger partial charge on any atom is 0.335 e. The molecule has 2 rings (SSSR count). The van der Waals surface area contributed by atoms with Crippen molar-refractivity contribution in [2.45, 2.75) is 38.5 Å². The van der Waals surface area contributed by atoms with E-state index >= 15 is 0 Å². The van der Waals surface area contributed by atoms with E-state index in [-0.39, 0.29) is 43.3 Å². The van der Waals surface area contributed by atoms with Crippen molar-refractivity contribution >= 4 is 11.9 Å². The van der Waals surface area contributed by atoms with Gasteiger partial charge < -0.3 is 10.0 Å². The molecule has 1 aromatic rings. The number of carboxylic acids is 1. The summed E-state index contributed by atoms with van der Waals surface area (Å²) in [6, 6.07) is 4.54. The third-order valence-corrected chi connectivity index (χ3v) is 3.93. The predicted octanol–water partition coefficient (Wildman–Crippen LogP) is 3.38. The van der Waals surface area contributed by atoms with E-state index in [1.807, 2.05) is 13.8 Å². The first-order valence-electron chi connectivity index (χ1n) is 7.26. The Morgan fingerprint density at radius 1 is 1.18 bits per heavy atom. The van der Waals surface area contributed by atoms with E-state index in [1.165, 1.54) is 17.0 Å². The highest BCUT2D eigenvalue weighted by Gasteiger charge is 2.36. The highest BCUT2D eigenvalue weighted by Crippen LogP contribution is 2.30. The summed E-state index contributed by atoms with van der Waals surface area (Å²) in [5.41, 5.74) is 0.834. The lowest BCUT2D eigenvalue weighted by molar-refractivity contribution is -0.0494. The number of alkyl halides is 2. The number of amides is 1. The average Bonchev–Trinajstić information content (AvgIpc) is 2.45. The van der Waals surface area contributed by atoms with E-state index in [9.17, 15) is 23.5 Å². The van der Waals surface area contributed by atoms with Gasteiger partial charge in [0.25, 0.3) is 11.8 Å². The van der Waals surface area contributed by atoms with Crippen LogP contribution in [0.25, 0.3) is 0 Å². The lowest BCUT2D eigenvalue weighted by Crippen LogP contribution is -2.43. The van der Waals surface area contributed by atoms with Crippen molar-refractivity contribution in [2.75, 3.05) is 13.1 Å². The van der Waals surface area contributed by atoms with Crippen molar-refractivity contribution in [1.82, 2.24) is 4.90 Å². The van der Waals surface area contributed by atoms with Crippen LogP contribution >= 0.6 is 0 Å². The number of carbonyl (C=O) groups is 2. The molecule has 0 spiro atoms. The molecule has 0 aliphatic carbocycles. The van der Waals surface area contributed by atoms with Gasteiger partial charge in [-0.2, -0.15) is 0 Å². The van der Waals surface area contributed by atoms with Crippen LogP contribution in [-0.2, 0) is 0 Å². The Balaban J connectivity index is 2.34. The second-order valence-corrected chi connectivity index (χ2v) is 5.87. The molecule has 1 amide bonds. The number of aromatic carboxylic acids is 1. The molecule has 1 fully saturated rings. The number of piperidine rings is 1. The predicted molar refractivity (Wildman–Crippen MR) is 77.6 cm³/mol. The summed E-state index contributed by atoms with van der Waals surface area (Å²) in [5.74, 6) is -4.34. The summed E-state index contributed by atoms with van der Waals surface area (Å²) in [6.07, 6.45) is -0.706. The third-order valence-electron chi connectivity index (χ3n) is 3.93. The van der Waals surface area contributed by atoms with Gasteiger partial charge >= 0.3 is 5.97 Å². The van der Waals surface area contributed by atoms with Crippen LogP contribution in [0.3, 0.4) is 0 Å². The topological polar surface area (TPSA) is 57.6 Å². The standard InChI is InChI=1S/C16H19F2NO3/c1-10(2)13-11(4-3-5-12(13)15(21)22)14(20)19-8-6-16(17,18)7-9-19/h3-5,10H,6-9H2,1-2H3,(H,21,22). The number of carboxylic acid groups (broad SMARTS) is 1. The lowest BCUT2D eigenvalue weighted by Gasteiger charge is -2.32. The molecule has 6 heteroatoms. The molecule has 1 aromatic carbocycles. The van der Waals surface area contributed by atoms with E-state index in [1.54, 1.807) is 6.07 Å². The van der Waals surface area contributed by atoms with Crippen LogP contribution < -0.4 is 0 Å². The summed E-state index contributed by atoms with van der Waals surface area (Å²) in [5, 5.41) is 9.28. The highest BCUT2D eigenvalue weighted by molar-refractivity contribution is 6.00. The lowest BCUT2D eigenvalue weighted by atomic mass is 9.91. The molecule has 4 nitrogen and oxygen atoms in total. The summed E-state index contributed by atoms with van der Waals surface area (Å²) in [6.45, 7) is 3.59. The third kappa shape index (κ3) is 3.26. The molecule has 1 aliphatic rings. The molecule has 0 radical (unpaired) electrons. The first kappa shape index (κ1) is 16.4. The molecule has 1 N–H and O–H groups in total. The van der Waals surface area contributed by atoms with Crippen molar-refractivity contribution in [3.05, 3.63) is 34.9 Å². The number of likely N-dealkylation sites (tertiary alicyclic amines) is 1. The second kappa shape index (κ2) is 6.02. The smallest absolute Gasteiger partial charge is 0.335 e. The van der Waals surface area contributed by atoms with Crippen molar-refractivity contribution in [2.24, 2.45) is 0 Å². The molecule has 1 heterocycles. The molecule has 0 unspecified atom stereocenters. The summed E-state index contributed by atoms with van der Waals surface area (Å²) < 4.78 is 26.4. The molecule has 0 bridgehead atoms. The van der Waals surface area contributed by atoms with Gasteiger partial charge in [0.2, 0.25) is 0 Å². The maximum atomic E-state index is 13.2. The highest BCUT2D eigenvalue weighted by atomic mass is 19.3. The first-order valence-corrected chi connectivity index (χ1v) is 7.26. The van der Waals surface area contributed by atoms with E-state index in [2.05, 4.69) is 0 Å². The number of carbonyl (C=O) groups excluding carboxylic acids is 1. The molecular weight excluding hydrogens is 292 g/mol. The Bertz CT molecular complexity index is 589. The number of rotatable bonds is 3. The van der Waals surface area contributed by atoms with Gasteiger partial charge in [-0.25, -0.2) is 13.6 Å². The normalized spacial score (nSPS) is 17.6. The molecule has 0 aromatic heterocycles. The zero-order valence-electron chi connectivity index (χ0n) is 12.6. The summed E-state index contributed by atoms with van der Waals surface area (Å²) in [7, 11) is 0. The molecule has 1 aliphatic heterocycles. The summed E-state index contributed by atoms with van der Waals surface area (Å²) in [4.78, 5) is 25.3. The van der Waals surface area contributed by atoms with Gasteiger partial charge in [0.1, 0.15) is 0 Å². The van der Waals surface area contributed by atoms with Gasteiger partial charge in [-0.05, 0) is 23.6 Å². The monoisotopic (exact) mass is 311 g/mol. The molecule has 120 valence electrons. The molecule has 0 saturated carbocycles. The van der Waals surface area contributed by atoms with Crippen LogP contribution in [0.15, 0.2) is 18.2 Å². The van der Waals surface area contributed by atoms with Crippen LogP contribution in [-0.4, -0.2) is 40.9 Å². The van der Waals surface area contributed by atoms with Crippen molar-refractivity contribution in [3.8, 4) is 0 Å². The number of hydrogen-bond acceptors (Lipinski definition) is 2. The SMILES string of the molecule is CC(C)c1c(C(=O)O)cccc1C(=O)N1CCC(F)(F)CC1. The van der Waals surface area contributed by atoms with Crippen molar-refractivity contribution in [1.29, 1.82) is 0 Å². The number of nitrogens with zero attached hydrogens (tertiary/aromatic N) is 1. The van der Waals surface area contributed by atoms with E-state index in [4.69, 9.17) is 0 Å². The quantitative estimate of drug-likeness (QED) is 0.931. The molecule has 0 atom stereocenters. The second-order valence-electron chi connectivity index (χ2n) is 5.87. The fraction of sp³-hybridized carbons (Fsp3) is 0.500. The van der Waals surface area contributed by atoms with Gasteiger partial charge in [-0.3, -0.25) is 4.79 Å². The van der Waals surface area contributed by atoms with Gasteiger partial charge in [0, 0.05) is 31.5 Å². The van der Waals surface area contributed by atoms with Crippen molar-refractivity contribution in [3.63, 3.8) is 0 Å². The van der Waals surface area contributed by atoms with Crippen LogP contribution in [0.2, 0.25) is 0 Å². The minimum absolute atomic E-state index is 0.0132. The Morgan fingerprint density at radius 2 is 1.73 bits per heavy atom. The van der Waals surface area contributed by atoms with E-state index < -0.39 is 11.9 Å². The first-order chi connectivity index (χ1) is 10.2. The molecule has 1 saturated heterocycles. The Labute approximate surface area is 127 Å². The van der Waals surface area contributed by atoms with Gasteiger partial charge in [0.15, 0.2) is 0 Å². The zero-order chi connectivity index (χ0) is 16.5. The van der Waals surface area contributed by atoms with Crippen molar-refractivity contribution < 1.29 is 23.5 Å². The number of halogens is 2. The fourth-order valence-electron chi connectivity index (χ4n) is 2.77. The number of hydrogen-bond donors (Lipinski definition) is 1. The summed E-state index contributed by atoms with van der Waals surface area (Å²) >= 11 is 0. The maximum absolute atomic E-state index is 13.2. The van der Waals surface area contributed by atoms with Crippen LogP contribution in [0.1, 0.15) is 58.9 Å². The van der Waals surface area contributed by atoms with E-state index in [0.29, 0.717) is 11.1 Å². The van der Waals surface area contributed by atoms with Gasteiger partial charge in [-0.15, -0.1) is 0 Å². The molecule has 22 heavy (non-hydrogen) atoms. The average molecular weight is 311 g/mol. The molecular formula is C16H19F2NO3. The Kier molecular flexibility index (Phi) is 4.49. The Morgan fingerprint density at radius 3 is 2.23 bits per heavy atom. The van der Waals surface area contributed by atoms with Crippen LogP contribution in [0.5, 0.6) is 0 Å². The largest absolute Gasteiger partial charge is 0.478 e. The zero-order valence-corrected chi connectivity index (χ0v) is 12.6.